The number of nitrogens with two attached hydrogens (primary N) is 1. The number of amides is 2. The van der Waals surface area contributed by atoms with Crippen LogP contribution in [0.1, 0.15) is 48.8 Å². The molecule has 210 valence electrons. The van der Waals surface area contributed by atoms with Crippen molar-refractivity contribution in [3.8, 4) is 11.5 Å². The van der Waals surface area contributed by atoms with Crippen LogP contribution in [0.4, 0.5) is 11.4 Å². The Bertz CT molecular complexity index is 1600. The number of ether oxygens (including phenoxy) is 1. The zero-order valence-electron chi connectivity index (χ0n) is 23.7. The van der Waals surface area contributed by atoms with Gasteiger partial charge in [-0.25, -0.2) is 0 Å². The van der Waals surface area contributed by atoms with Gasteiger partial charge in [0.15, 0.2) is 0 Å². The summed E-state index contributed by atoms with van der Waals surface area (Å²) in [4.78, 5) is 34.9. The topological polar surface area (TPSA) is 88.8 Å². The number of rotatable bonds is 8. The van der Waals surface area contributed by atoms with Crippen molar-refractivity contribution >= 4 is 34.1 Å². The van der Waals surface area contributed by atoms with Gasteiger partial charge in [-0.1, -0.05) is 18.6 Å². The molecule has 2 aliphatic rings. The average Bonchev–Trinajstić information content (AvgIpc) is 3.79. The summed E-state index contributed by atoms with van der Waals surface area (Å²) >= 11 is 0. The number of hydrogen-bond acceptors (Lipinski definition) is 5. The Morgan fingerprint density at radius 1 is 0.927 bits per heavy atom. The summed E-state index contributed by atoms with van der Waals surface area (Å²) < 4.78 is 6.29. The maximum Gasteiger partial charge on any atom is 0.247 e. The molecule has 2 amide bonds. The average molecular weight is 549 g/mol. The number of primary amides is 1. The Balaban J connectivity index is 1.31. The zero-order valence-corrected chi connectivity index (χ0v) is 23.7. The smallest absolute Gasteiger partial charge is 0.247 e. The lowest BCUT2D eigenvalue weighted by atomic mass is 10.0. The van der Waals surface area contributed by atoms with Gasteiger partial charge in [-0.2, -0.15) is 0 Å². The molecule has 2 heterocycles. The lowest BCUT2D eigenvalue weighted by Gasteiger charge is -2.29. The van der Waals surface area contributed by atoms with Gasteiger partial charge in [0.05, 0.1) is 5.52 Å². The molecule has 6 rings (SSSR count). The number of nitrogens with zero attached hydrogens (tertiary/aromatic N) is 3. The number of hydrogen-bond donors (Lipinski definition) is 1. The first-order valence-corrected chi connectivity index (χ1v) is 14.4. The van der Waals surface area contributed by atoms with Gasteiger partial charge in [0.1, 0.15) is 16.9 Å². The Labute approximate surface area is 240 Å². The summed E-state index contributed by atoms with van der Waals surface area (Å²) in [6.07, 6.45) is 6.41. The highest BCUT2D eigenvalue weighted by atomic mass is 16.5. The highest BCUT2D eigenvalue weighted by Gasteiger charge is 2.57. The van der Waals surface area contributed by atoms with Gasteiger partial charge in [0.25, 0.3) is 0 Å². The van der Waals surface area contributed by atoms with Crippen LogP contribution in [0.2, 0.25) is 0 Å². The van der Waals surface area contributed by atoms with Crippen LogP contribution in [0.5, 0.6) is 11.5 Å². The van der Waals surface area contributed by atoms with E-state index in [0.29, 0.717) is 24.3 Å². The predicted octanol–water partition coefficient (Wildman–Crippen LogP) is 6.56. The van der Waals surface area contributed by atoms with Gasteiger partial charge in [-0.05, 0) is 124 Å². The highest BCUT2D eigenvalue weighted by Crippen LogP contribution is 2.49. The van der Waals surface area contributed by atoms with Crippen LogP contribution in [0.25, 0.3) is 10.9 Å². The summed E-state index contributed by atoms with van der Waals surface area (Å²) in [5.74, 6) is 0.517. The van der Waals surface area contributed by atoms with Gasteiger partial charge in [0.2, 0.25) is 11.8 Å². The molecule has 0 radical (unpaired) electrons. The number of aromatic nitrogens is 1. The fourth-order valence-corrected chi connectivity index (χ4v) is 5.72. The summed E-state index contributed by atoms with van der Waals surface area (Å²) in [5.41, 5.74) is 10.4. The minimum Gasteiger partial charge on any atom is -0.457 e. The molecular weight excluding hydrogens is 512 g/mol. The molecular formula is C34H36N4O3. The molecule has 2 N–H and O–H groups in total. The van der Waals surface area contributed by atoms with Crippen molar-refractivity contribution in [3.63, 3.8) is 0 Å². The summed E-state index contributed by atoms with van der Waals surface area (Å²) in [7, 11) is 0. The molecule has 1 aliphatic heterocycles. The number of fused-ring (bicyclic) bond motifs is 1. The van der Waals surface area contributed by atoms with E-state index in [0.717, 1.165) is 47.5 Å². The number of pyridine rings is 1. The number of likely N-dealkylation sites (tertiary alicyclic amines) is 1. The number of piperidine rings is 1. The van der Waals surface area contributed by atoms with Crippen molar-refractivity contribution in [3.05, 3.63) is 89.6 Å². The van der Waals surface area contributed by atoms with E-state index in [2.05, 4.69) is 48.0 Å². The maximum absolute atomic E-state index is 13.9. The molecule has 41 heavy (non-hydrogen) atoms. The Morgan fingerprint density at radius 2 is 1.66 bits per heavy atom. The van der Waals surface area contributed by atoms with E-state index in [1.807, 2.05) is 42.5 Å². The number of carbonyl (C=O) groups is 2. The van der Waals surface area contributed by atoms with Gasteiger partial charge < -0.3 is 10.5 Å². The maximum atomic E-state index is 13.9. The first-order chi connectivity index (χ1) is 19.8. The van der Waals surface area contributed by atoms with Crippen molar-refractivity contribution in [1.82, 2.24) is 9.88 Å². The van der Waals surface area contributed by atoms with Crippen molar-refractivity contribution < 1.29 is 14.3 Å². The summed E-state index contributed by atoms with van der Waals surface area (Å²) in [6, 6.07) is 21.5. The highest BCUT2D eigenvalue weighted by molar-refractivity contribution is 6.16. The van der Waals surface area contributed by atoms with Crippen LogP contribution in [0.15, 0.2) is 72.9 Å². The fourth-order valence-electron chi connectivity index (χ4n) is 5.72. The first kappa shape index (κ1) is 27.0. The van der Waals surface area contributed by atoms with Gasteiger partial charge in [-0.15, -0.1) is 0 Å². The van der Waals surface area contributed by atoms with Crippen LogP contribution >= 0.6 is 0 Å². The van der Waals surface area contributed by atoms with E-state index in [1.165, 1.54) is 30.4 Å². The molecule has 1 aromatic heterocycles. The van der Waals surface area contributed by atoms with Gasteiger partial charge in [-0.3, -0.25) is 24.4 Å². The minimum atomic E-state index is -1.15. The molecule has 1 saturated carbocycles. The first-order valence-electron chi connectivity index (χ1n) is 14.4. The normalized spacial score (nSPS) is 16.3. The van der Waals surface area contributed by atoms with Crippen molar-refractivity contribution in [2.45, 2.75) is 52.5 Å². The van der Waals surface area contributed by atoms with E-state index >= 15 is 0 Å². The third-order valence-corrected chi connectivity index (χ3v) is 8.50. The molecule has 0 bridgehead atoms. The van der Waals surface area contributed by atoms with E-state index < -0.39 is 11.3 Å². The monoisotopic (exact) mass is 548 g/mol. The van der Waals surface area contributed by atoms with Gasteiger partial charge >= 0.3 is 0 Å². The summed E-state index contributed by atoms with van der Waals surface area (Å²) in [6.45, 7) is 7.16. The third kappa shape index (κ3) is 5.42. The van der Waals surface area contributed by atoms with E-state index in [1.54, 1.807) is 11.1 Å². The van der Waals surface area contributed by atoms with E-state index in [9.17, 15) is 9.59 Å². The van der Waals surface area contributed by atoms with Crippen molar-refractivity contribution in [2.24, 2.45) is 11.1 Å². The molecule has 4 aromatic rings. The predicted molar refractivity (Wildman–Crippen MR) is 161 cm³/mol. The quantitative estimate of drug-likeness (QED) is 0.252. The number of anilines is 2. The van der Waals surface area contributed by atoms with E-state index in [4.69, 9.17) is 10.5 Å². The Hall–Kier alpha value is -4.23. The molecule has 3 aromatic carbocycles. The molecule has 1 saturated heterocycles. The minimum absolute atomic E-state index is 0.278. The largest absolute Gasteiger partial charge is 0.457 e. The molecule has 7 nitrogen and oxygen atoms in total. The molecule has 0 unspecified atom stereocenters. The number of benzene rings is 3. The van der Waals surface area contributed by atoms with Gasteiger partial charge in [0, 0.05) is 29.5 Å². The van der Waals surface area contributed by atoms with E-state index in [-0.39, 0.29) is 5.91 Å². The lowest BCUT2D eigenvalue weighted by molar-refractivity contribution is -0.133. The second kappa shape index (κ2) is 11.0. The molecule has 0 atom stereocenters. The van der Waals surface area contributed by atoms with Crippen LogP contribution in [0, 0.1) is 19.3 Å². The van der Waals surface area contributed by atoms with Crippen LogP contribution < -0.4 is 15.4 Å². The van der Waals surface area contributed by atoms with Crippen molar-refractivity contribution in [2.75, 3.05) is 18.0 Å². The molecule has 0 spiro atoms. The molecule has 7 heteroatoms. The fraction of sp³-hybridized carbons (Fsp3) is 0.324. The molecule has 2 fully saturated rings. The third-order valence-electron chi connectivity index (χ3n) is 8.50. The number of carbonyl (C=O) groups excluding carboxylic acids is 2. The zero-order chi connectivity index (χ0) is 28.6. The Kier molecular flexibility index (Phi) is 7.22. The van der Waals surface area contributed by atoms with Crippen molar-refractivity contribution in [1.29, 1.82) is 0 Å². The Morgan fingerprint density at radius 3 is 2.37 bits per heavy atom. The second-order valence-electron chi connectivity index (χ2n) is 11.5. The lowest BCUT2D eigenvalue weighted by Crippen LogP contribution is -2.41. The standard InChI is InChI=1S/C34H36N4O3/c1-23-19-29-30(20-24(23)2)36-16-13-31(29)41-28-11-9-26(10-12-28)38(33(40)34(14-15-34)32(35)39)27-8-6-7-25(21-27)22-37-17-4-3-5-18-37/h6-13,16,19-21H,3-5,14-15,17-18,22H2,1-2H3,(H2,35,39). The molecule has 1 aliphatic carbocycles. The van der Waals surface area contributed by atoms with Crippen LogP contribution in [-0.4, -0.2) is 34.8 Å². The summed E-state index contributed by atoms with van der Waals surface area (Å²) in [5, 5.41) is 0.944. The van der Waals surface area contributed by atoms with Crippen LogP contribution in [0.3, 0.4) is 0 Å². The second-order valence-corrected chi connectivity index (χ2v) is 11.5. The van der Waals surface area contributed by atoms with Crippen LogP contribution in [-0.2, 0) is 16.1 Å². The number of aryl methyl sites for hydroxylation is 2. The SMILES string of the molecule is Cc1cc2nccc(Oc3ccc(N(C(=O)C4(C(N)=O)CC4)c4cccc(CN5CCCCC5)c4)cc3)c2cc1C.